The van der Waals surface area contributed by atoms with Crippen LogP contribution in [0.15, 0.2) is 30.3 Å². The molecular formula is C26H33BrN2O6. The number of nitrogens with zero attached hydrogens (tertiary/aromatic N) is 1. The van der Waals surface area contributed by atoms with Crippen LogP contribution in [0.25, 0.3) is 0 Å². The summed E-state index contributed by atoms with van der Waals surface area (Å²) in [5.74, 6) is -2.72. The van der Waals surface area contributed by atoms with Crippen molar-refractivity contribution in [3.05, 3.63) is 35.9 Å². The van der Waals surface area contributed by atoms with Crippen LogP contribution in [-0.2, 0) is 23.9 Å². The average Bonchev–Trinajstić information content (AvgIpc) is 3.45. The van der Waals surface area contributed by atoms with Crippen molar-refractivity contribution >= 4 is 33.7 Å². The molecule has 5 rings (SSSR count). The van der Waals surface area contributed by atoms with E-state index in [1.54, 1.807) is 6.92 Å². The molecule has 4 aliphatic rings. The van der Waals surface area contributed by atoms with Crippen molar-refractivity contribution in [3.8, 4) is 0 Å². The minimum Gasteiger partial charge on any atom is -0.466 e. The van der Waals surface area contributed by atoms with Crippen LogP contribution in [0.1, 0.15) is 57.1 Å². The first-order valence-electron chi connectivity index (χ1n) is 12.7. The number of rotatable bonds is 7. The molecule has 4 fully saturated rings. The predicted octanol–water partition coefficient (Wildman–Crippen LogP) is 2.48. The Morgan fingerprint density at radius 3 is 2.63 bits per heavy atom. The molecule has 3 heterocycles. The van der Waals surface area contributed by atoms with Crippen LogP contribution < -0.4 is 5.32 Å². The maximum absolute atomic E-state index is 14.1. The van der Waals surface area contributed by atoms with E-state index in [9.17, 15) is 19.5 Å². The van der Waals surface area contributed by atoms with E-state index >= 15 is 0 Å². The quantitative estimate of drug-likeness (QED) is 0.400. The van der Waals surface area contributed by atoms with Gasteiger partial charge in [0.2, 0.25) is 11.8 Å². The highest BCUT2D eigenvalue weighted by atomic mass is 79.9. The first-order valence-corrected chi connectivity index (χ1v) is 13.6. The molecule has 7 atom stereocenters. The Morgan fingerprint density at radius 2 is 1.97 bits per heavy atom. The molecule has 1 saturated carbocycles. The maximum atomic E-state index is 14.1. The summed E-state index contributed by atoms with van der Waals surface area (Å²) in [7, 11) is 0. The van der Waals surface area contributed by atoms with Gasteiger partial charge in [0.05, 0.1) is 37.2 Å². The largest absolute Gasteiger partial charge is 0.466 e. The zero-order chi connectivity index (χ0) is 24.7. The fourth-order valence-corrected chi connectivity index (χ4v) is 7.71. The fourth-order valence-electron chi connectivity index (χ4n) is 6.77. The molecule has 1 aromatic rings. The third-order valence-electron chi connectivity index (χ3n) is 8.18. The van der Waals surface area contributed by atoms with Gasteiger partial charge in [0.1, 0.15) is 11.6 Å². The van der Waals surface area contributed by atoms with Gasteiger partial charge in [0, 0.05) is 10.9 Å². The van der Waals surface area contributed by atoms with Gasteiger partial charge in [-0.25, -0.2) is 0 Å². The second-order valence-corrected chi connectivity index (χ2v) is 11.3. The number of likely N-dealkylation sites (tertiary alicyclic amines) is 1. The number of amides is 2. The number of fused-ring (bicyclic) bond motifs is 1. The summed E-state index contributed by atoms with van der Waals surface area (Å²) in [6.07, 6.45) is 4.96. The molecule has 2 bridgehead atoms. The van der Waals surface area contributed by atoms with Crippen LogP contribution in [0.2, 0.25) is 0 Å². The summed E-state index contributed by atoms with van der Waals surface area (Å²) in [6.45, 7) is 1.58. The molecule has 1 aromatic carbocycles. The smallest absolute Gasteiger partial charge is 0.312 e. The molecule has 3 saturated heterocycles. The number of ether oxygens (including phenoxy) is 2. The van der Waals surface area contributed by atoms with Gasteiger partial charge in [-0.3, -0.25) is 14.4 Å². The summed E-state index contributed by atoms with van der Waals surface area (Å²) in [5.41, 5.74) is -0.429. The Morgan fingerprint density at radius 1 is 1.26 bits per heavy atom. The minimum atomic E-state index is -1.16. The molecule has 3 unspecified atom stereocenters. The van der Waals surface area contributed by atoms with Crippen LogP contribution in [0, 0.1) is 11.8 Å². The second kappa shape index (κ2) is 9.82. The van der Waals surface area contributed by atoms with Gasteiger partial charge >= 0.3 is 5.97 Å². The van der Waals surface area contributed by atoms with E-state index in [2.05, 4.69) is 21.2 Å². The van der Waals surface area contributed by atoms with Crippen molar-refractivity contribution < 1.29 is 29.0 Å². The zero-order valence-corrected chi connectivity index (χ0v) is 21.5. The number of halogens is 1. The number of aliphatic hydroxyl groups excluding tert-OH is 1. The van der Waals surface area contributed by atoms with E-state index in [-0.39, 0.29) is 35.9 Å². The maximum Gasteiger partial charge on any atom is 0.312 e. The van der Waals surface area contributed by atoms with Gasteiger partial charge < -0.3 is 24.8 Å². The third-order valence-corrected chi connectivity index (χ3v) is 9.02. The van der Waals surface area contributed by atoms with E-state index in [0.717, 1.165) is 37.7 Å². The molecule has 35 heavy (non-hydrogen) atoms. The Balaban J connectivity index is 1.56. The Labute approximate surface area is 213 Å². The monoisotopic (exact) mass is 548 g/mol. The molecule has 1 spiro atoms. The zero-order valence-electron chi connectivity index (χ0n) is 19.9. The molecule has 2 N–H and O–H groups in total. The predicted molar refractivity (Wildman–Crippen MR) is 130 cm³/mol. The van der Waals surface area contributed by atoms with Gasteiger partial charge in [0.15, 0.2) is 0 Å². The summed E-state index contributed by atoms with van der Waals surface area (Å²) in [5, 5.41) is 13.6. The lowest BCUT2D eigenvalue weighted by molar-refractivity contribution is -0.155. The van der Waals surface area contributed by atoms with E-state index in [1.807, 2.05) is 30.3 Å². The second-order valence-electron chi connectivity index (χ2n) is 10.1. The minimum absolute atomic E-state index is 0.0483. The highest BCUT2D eigenvalue weighted by Gasteiger charge is 2.77. The molecular weight excluding hydrogens is 516 g/mol. The van der Waals surface area contributed by atoms with E-state index in [0.29, 0.717) is 6.42 Å². The van der Waals surface area contributed by atoms with Gasteiger partial charge in [-0.2, -0.15) is 0 Å². The fraction of sp³-hybridized carbons (Fsp3) is 0.654. The number of alkyl halides is 1. The lowest BCUT2D eigenvalue weighted by Crippen LogP contribution is -2.58. The highest BCUT2D eigenvalue weighted by Crippen LogP contribution is 2.61. The molecule has 8 nitrogen and oxygen atoms in total. The standard InChI is InChI=1S/C26H33BrN2O6/c1-2-34-25(33)19-20-24(32)29(18(14-30)15-9-5-3-6-10-15)22(26(20)13-17(27)21(19)35-26)23(31)28-16-11-7-4-8-12-16/h3,5-6,9-10,16-22,30H,2,4,7-8,11-14H2,1H3,(H,28,31)/t17?,18-,19+,20+,21+,22?,26?/m1/s1. The SMILES string of the molecule is CCOC(=O)[C@H]1[C@H]2C(=O)N([C@H](CO)c3ccccc3)C(C(=O)NC3CCCCC3)C23CC(Br)[C@@H]1O3. The molecule has 9 heteroatoms. The van der Waals surface area contributed by atoms with Gasteiger partial charge in [-0.05, 0) is 31.7 Å². The lowest BCUT2D eigenvalue weighted by atomic mass is 9.70. The number of benzene rings is 1. The van der Waals surface area contributed by atoms with Crippen molar-refractivity contribution in [3.63, 3.8) is 0 Å². The van der Waals surface area contributed by atoms with Crippen LogP contribution in [0.5, 0.6) is 0 Å². The number of esters is 1. The highest BCUT2D eigenvalue weighted by molar-refractivity contribution is 9.09. The van der Waals surface area contributed by atoms with Crippen LogP contribution >= 0.6 is 15.9 Å². The molecule has 190 valence electrons. The van der Waals surface area contributed by atoms with Crippen LogP contribution in [-0.4, -0.2) is 69.6 Å². The number of aliphatic hydroxyl groups is 1. The molecule has 0 aromatic heterocycles. The number of carbonyl (C=O) groups is 3. The number of nitrogens with one attached hydrogen (secondary N) is 1. The summed E-state index contributed by atoms with van der Waals surface area (Å²) < 4.78 is 11.8. The van der Waals surface area contributed by atoms with Crippen molar-refractivity contribution in [2.24, 2.45) is 11.8 Å². The number of carbonyl (C=O) groups excluding carboxylic acids is 3. The average molecular weight is 549 g/mol. The van der Waals surface area contributed by atoms with Crippen LogP contribution in [0.4, 0.5) is 0 Å². The molecule has 3 aliphatic heterocycles. The van der Waals surface area contributed by atoms with E-state index in [1.165, 1.54) is 4.90 Å². The number of hydrogen-bond acceptors (Lipinski definition) is 6. The topological polar surface area (TPSA) is 105 Å². The first-order chi connectivity index (χ1) is 16.9. The Kier molecular flexibility index (Phi) is 6.94. The van der Waals surface area contributed by atoms with Crippen molar-refractivity contribution in [1.82, 2.24) is 10.2 Å². The molecule has 1 aliphatic carbocycles. The van der Waals surface area contributed by atoms with E-state index in [4.69, 9.17) is 9.47 Å². The van der Waals surface area contributed by atoms with Crippen LogP contribution in [0.3, 0.4) is 0 Å². The summed E-state index contributed by atoms with van der Waals surface area (Å²) in [6, 6.07) is 7.58. The van der Waals surface area contributed by atoms with Gasteiger partial charge in [0.25, 0.3) is 0 Å². The third kappa shape index (κ3) is 4.00. The van der Waals surface area contributed by atoms with Gasteiger partial charge in [-0.1, -0.05) is 65.5 Å². The Hall–Kier alpha value is -1.97. The normalized spacial score (nSPS) is 35.1. The van der Waals surface area contributed by atoms with Gasteiger partial charge in [-0.15, -0.1) is 0 Å². The van der Waals surface area contributed by atoms with Crippen molar-refractivity contribution in [2.75, 3.05) is 13.2 Å². The Bertz CT molecular complexity index is 970. The summed E-state index contributed by atoms with van der Waals surface area (Å²) in [4.78, 5) is 42.4. The van der Waals surface area contributed by atoms with Crippen molar-refractivity contribution in [2.45, 2.75) is 80.1 Å². The van der Waals surface area contributed by atoms with E-state index < -0.39 is 41.6 Å². The van der Waals surface area contributed by atoms with Crippen molar-refractivity contribution in [1.29, 1.82) is 0 Å². The lowest BCUT2D eigenvalue weighted by Gasteiger charge is -2.38. The number of hydrogen-bond donors (Lipinski definition) is 2. The first kappa shape index (κ1) is 24.7. The molecule has 0 radical (unpaired) electrons. The summed E-state index contributed by atoms with van der Waals surface area (Å²) >= 11 is 3.66. The molecule has 2 amide bonds.